The Bertz CT molecular complexity index is 510. The van der Waals surface area contributed by atoms with Crippen molar-refractivity contribution in [3.63, 3.8) is 0 Å². The number of carbonyl (C=O) groups is 2. The highest BCUT2D eigenvalue weighted by Crippen LogP contribution is 2.18. The molecule has 0 bridgehead atoms. The van der Waals surface area contributed by atoms with E-state index in [2.05, 4.69) is 9.72 Å². The van der Waals surface area contributed by atoms with Crippen LogP contribution in [0.2, 0.25) is 0 Å². The number of methoxy groups -OCH3 is 1. The first-order chi connectivity index (χ1) is 9.52. The number of pyridine rings is 1. The van der Waals surface area contributed by atoms with Gasteiger partial charge in [-0.05, 0) is 31.6 Å². The number of carboxylic acids is 1. The molecule has 1 aromatic heterocycles. The molecule has 0 atom stereocenters. The van der Waals surface area contributed by atoms with E-state index in [9.17, 15) is 9.59 Å². The van der Waals surface area contributed by atoms with Crippen LogP contribution in [0.4, 0.5) is 0 Å². The largest absolute Gasteiger partial charge is 0.491 e. The van der Waals surface area contributed by atoms with Gasteiger partial charge < -0.3 is 14.6 Å². The summed E-state index contributed by atoms with van der Waals surface area (Å²) in [6.45, 7) is 2.13. The minimum atomic E-state index is -1.05. The molecule has 0 saturated heterocycles. The molecule has 20 heavy (non-hydrogen) atoms. The van der Waals surface area contributed by atoms with Gasteiger partial charge in [-0.2, -0.15) is 0 Å². The fourth-order valence-electron chi connectivity index (χ4n) is 1.46. The maximum Gasteiger partial charge on any atom is 0.328 e. The Kier molecular flexibility index (Phi) is 6.22. The average Bonchev–Trinajstić information content (AvgIpc) is 2.42. The van der Waals surface area contributed by atoms with Crippen LogP contribution in [0.1, 0.15) is 24.2 Å². The fourth-order valence-corrected chi connectivity index (χ4v) is 1.46. The van der Waals surface area contributed by atoms with Crippen molar-refractivity contribution >= 4 is 18.0 Å². The smallest absolute Gasteiger partial charge is 0.328 e. The topological polar surface area (TPSA) is 85.7 Å². The molecule has 0 unspecified atom stereocenters. The molecule has 6 heteroatoms. The van der Waals surface area contributed by atoms with Gasteiger partial charge in [-0.1, -0.05) is 0 Å². The molecule has 0 aliphatic carbocycles. The molecule has 1 rings (SSSR count). The van der Waals surface area contributed by atoms with E-state index in [1.54, 1.807) is 19.1 Å². The van der Waals surface area contributed by atoms with Crippen LogP contribution in [0.15, 0.2) is 18.2 Å². The van der Waals surface area contributed by atoms with Crippen molar-refractivity contribution in [3.05, 3.63) is 29.6 Å². The van der Waals surface area contributed by atoms with E-state index in [-0.39, 0.29) is 12.4 Å². The molecule has 1 heterocycles. The average molecular weight is 279 g/mol. The van der Waals surface area contributed by atoms with Gasteiger partial charge in [0.05, 0.1) is 13.7 Å². The summed E-state index contributed by atoms with van der Waals surface area (Å²) in [6.07, 6.45) is 3.17. The van der Waals surface area contributed by atoms with Crippen molar-refractivity contribution in [3.8, 4) is 5.75 Å². The van der Waals surface area contributed by atoms with E-state index < -0.39 is 5.97 Å². The Labute approximate surface area is 117 Å². The molecular formula is C14H17NO5. The zero-order valence-corrected chi connectivity index (χ0v) is 11.5. The van der Waals surface area contributed by atoms with Gasteiger partial charge in [0.1, 0.15) is 11.4 Å². The third-order valence-electron chi connectivity index (χ3n) is 2.42. The predicted octanol–water partition coefficient (Wildman–Crippen LogP) is 1.82. The van der Waals surface area contributed by atoms with E-state index in [0.717, 1.165) is 11.8 Å². The minimum absolute atomic E-state index is 0.274. The zero-order valence-electron chi connectivity index (χ0n) is 11.5. The molecule has 1 aromatic rings. The Hall–Kier alpha value is -2.37. The van der Waals surface area contributed by atoms with Crippen LogP contribution in [0, 0.1) is 6.92 Å². The highest BCUT2D eigenvalue weighted by atomic mass is 16.5. The molecule has 6 nitrogen and oxygen atoms in total. The first-order valence-electron chi connectivity index (χ1n) is 6.11. The number of carbonyl (C=O) groups excluding carboxylic acids is 1. The lowest BCUT2D eigenvalue weighted by Crippen LogP contribution is -2.05. The van der Waals surface area contributed by atoms with E-state index >= 15 is 0 Å². The maximum atomic E-state index is 10.9. The summed E-state index contributed by atoms with van der Waals surface area (Å²) in [5, 5.41) is 8.63. The van der Waals surface area contributed by atoms with Crippen molar-refractivity contribution in [2.24, 2.45) is 0 Å². The number of carboxylic acid groups (broad SMARTS) is 1. The van der Waals surface area contributed by atoms with Crippen LogP contribution in [0.5, 0.6) is 5.75 Å². The number of aliphatic carboxylic acids is 1. The molecule has 0 aliphatic rings. The summed E-state index contributed by atoms with van der Waals surface area (Å²) >= 11 is 0. The third kappa shape index (κ3) is 5.51. The Morgan fingerprint density at radius 2 is 2.15 bits per heavy atom. The third-order valence-corrected chi connectivity index (χ3v) is 2.42. The van der Waals surface area contributed by atoms with Gasteiger partial charge in [0.15, 0.2) is 0 Å². The van der Waals surface area contributed by atoms with E-state index in [4.69, 9.17) is 9.84 Å². The lowest BCUT2D eigenvalue weighted by Gasteiger charge is -2.09. The second-order valence-electron chi connectivity index (χ2n) is 4.04. The van der Waals surface area contributed by atoms with Crippen molar-refractivity contribution in [1.82, 2.24) is 4.98 Å². The van der Waals surface area contributed by atoms with E-state index in [1.165, 1.54) is 13.2 Å². The number of aryl methyl sites for hydroxylation is 1. The lowest BCUT2D eigenvalue weighted by molar-refractivity contribution is -0.140. The fraction of sp³-hybridized carbons (Fsp3) is 0.357. The van der Waals surface area contributed by atoms with Crippen LogP contribution in [-0.4, -0.2) is 35.7 Å². The summed E-state index contributed by atoms with van der Waals surface area (Å²) in [5.74, 6) is -0.857. The number of hydrogen-bond donors (Lipinski definition) is 1. The van der Waals surface area contributed by atoms with Gasteiger partial charge in [-0.3, -0.25) is 4.79 Å². The normalized spacial score (nSPS) is 10.5. The van der Waals surface area contributed by atoms with Crippen molar-refractivity contribution in [2.45, 2.75) is 19.8 Å². The maximum absolute atomic E-state index is 10.9. The molecular weight excluding hydrogens is 262 g/mol. The number of aromatic nitrogens is 1. The summed E-state index contributed by atoms with van der Waals surface area (Å²) in [7, 11) is 1.34. The first kappa shape index (κ1) is 15.7. The number of nitrogens with zero attached hydrogens (tertiary/aromatic N) is 1. The van der Waals surface area contributed by atoms with Crippen LogP contribution in [0.3, 0.4) is 0 Å². The van der Waals surface area contributed by atoms with Gasteiger partial charge in [0.2, 0.25) is 0 Å². The van der Waals surface area contributed by atoms with Crippen molar-refractivity contribution in [2.75, 3.05) is 13.7 Å². The lowest BCUT2D eigenvalue weighted by atomic mass is 10.2. The number of hydrogen-bond acceptors (Lipinski definition) is 5. The molecule has 0 aliphatic heterocycles. The van der Waals surface area contributed by atoms with Crippen LogP contribution in [0.25, 0.3) is 6.08 Å². The Morgan fingerprint density at radius 3 is 2.80 bits per heavy atom. The van der Waals surface area contributed by atoms with E-state index in [0.29, 0.717) is 24.5 Å². The Morgan fingerprint density at radius 1 is 1.40 bits per heavy atom. The molecule has 0 aromatic carbocycles. The molecule has 0 amide bonds. The van der Waals surface area contributed by atoms with Gasteiger partial charge in [0.25, 0.3) is 0 Å². The van der Waals surface area contributed by atoms with E-state index in [1.807, 2.05) is 0 Å². The summed E-state index contributed by atoms with van der Waals surface area (Å²) in [5.41, 5.74) is 1.21. The molecule has 0 saturated carbocycles. The van der Waals surface area contributed by atoms with Gasteiger partial charge in [0, 0.05) is 18.2 Å². The molecule has 0 spiro atoms. The van der Waals surface area contributed by atoms with Crippen LogP contribution < -0.4 is 4.74 Å². The standard InChI is InChI=1S/C14H17NO5/c1-10-5-7-12(11(15-10)6-8-13(16)17)20-9-3-4-14(18)19-2/h5-8H,3-4,9H2,1-2H3,(H,16,17). The number of rotatable bonds is 7. The SMILES string of the molecule is COC(=O)CCCOc1ccc(C)nc1C=CC(=O)O. The Balaban J connectivity index is 2.64. The van der Waals surface area contributed by atoms with Crippen molar-refractivity contribution in [1.29, 1.82) is 0 Å². The zero-order chi connectivity index (χ0) is 15.0. The second kappa shape index (κ2) is 7.93. The van der Waals surface area contributed by atoms with Gasteiger partial charge >= 0.3 is 11.9 Å². The van der Waals surface area contributed by atoms with Crippen LogP contribution >= 0.6 is 0 Å². The molecule has 0 radical (unpaired) electrons. The van der Waals surface area contributed by atoms with Gasteiger partial charge in [-0.25, -0.2) is 9.78 Å². The first-order valence-corrected chi connectivity index (χ1v) is 6.11. The summed E-state index contributed by atoms with van der Waals surface area (Å²) < 4.78 is 10.0. The predicted molar refractivity (Wildman–Crippen MR) is 72.4 cm³/mol. The monoisotopic (exact) mass is 279 g/mol. The second-order valence-corrected chi connectivity index (χ2v) is 4.04. The molecule has 1 N–H and O–H groups in total. The quantitative estimate of drug-likeness (QED) is 0.465. The molecule has 108 valence electrons. The highest BCUT2D eigenvalue weighted by Gasteiger charge is 2.05. The van der Waals surface area contributed by atoms with Crippen molar-refractivity contribution < 1.29 is 24.2 Å². The summed E-state index contributed by atoms with van der Waals surface area (Å²) in [4.78, 5) is 25.7. The summed E-state index contributed by atoms with van der Waals surface area (Å²) in [6, 6.07) is 3.50. The van der Waals surface area contributed by atoms with Crippen LogP contribution in [-0.2, 0) is 14.3 Å². The minimum Gasteiger partial charge on any atom is -0.491 e. The molecule has 0 fully saturated rings. The number of ether oxygens (including phenoxy) is 2. The highest BCUT2D eigenvalue weighted by molar-refractivity contribution is 5.85. The van der Waals surface area contributed by atoms with Gasteiger partial charge in [-0.15, -0.1) is 0 Å². The number of esters is 1.